The van der Waals surface area contributed by atoms with Crippen LogP contribution in [0.4, 0.5) is 4.39 Å². The Morgan fingerprint density at radius 2 is 2.12 bits per heavy atom. The van der Waals surface area contributed by atoms with Crippen molar-refractivity contribution < 1.29 is 19.4 Å². The quantitative estimate of drug-likeness (QED) is 0.725. The van der Waals surface area contributed by atoms with E-state index in [1.807, 2.05) is 0 Å². The van der Waals surface area contributed by atoms with Crippen molar-refractivity contribution in [3.05, 3.63) is 29.6 Å². The second-order valence-corrected chi connectivity index (χ2v) is 3.60. The smallest absolute Gasteiger partial charge is 0.321 e. The maximum atomic E-state index is 13.5. The monoisotopic (exact) mass is 227 g/mol. The predicted molar refractivity (Wildman–Crippen MR) is 57.0 cm³/mol. The Hall–Kier alpha value is -1.62. The highest BCUT2D eigenvalue weighted by atomic mass is 19.1. The first kappa shape index (κ1) is 12.4. The highest BCUT2D eigenvalue weighted by molar-refractivity contribution is 5.74. The van der Waals surface area contributed by atoms with Crippen molar-refractivity contribution >= 4 is 5.97 Å². The van der Waals surface area contributed by atoms with Gasteiger partial charge in [-0.2, -0.15) is 0 Å². The number of rotatable bonds is 4. The maximum Gasteiger partial charge on any atom is 0.321 e. The molecule has 0 saturated heterocycles. The first-order valence-corrected chi connectivity index (χ1v) is 4.86. The molecular formula is C11H14FNO3. The van der Waals surface area contributed by atoms with E-state index >= 15 is 0 Å². The van der Waals surface area contributed by atoms with Gasteiger partial charge in [0.1, 0.15) is 17.6 Å². The summed E-state index contributed by atoms with van der Waals surface area (Å²) < 4.78 is 13.5. The van der Waals surface area contributed by atoms with Gasteiger partial charge in [-0.15, -0.1) is 0 Å². The molecule has 0 aromatic heterocycles. The molecule has 0 aliphatic carbocycles. The molecule has 1 aromatic rings. The van der Waals surface area contributed by atoms with Crippen LogP contribution in [0.25, 0.3) is 0 Å². The standard InChI is InChI=1S/C11H14FNO3/c1-6(10(13-2)11(15)16)8-4-3-7(14)5-9(8)12/h3-6,10,13-14H,1-2H3,(H,15,16)/t6-,10-/m0/s1. The zero-order valence-electron chi connectivity index (χ0n) is 9.07. The number of hydrogen-bond donors (Lipinski definition) is 3. The summed E-state index contributed by atoms with van der Waals surface area (Å²) in [5, 5.41) is 20.6. The molecule has 0 aliphatic heterocycles. The number of phenolic OH excluding ortho intramolecular Hbond substituents is 1. The fraction of sp³-hybridized carbons (Fsp3) is 0.364. The number of halogens is 1. The minimum Gasteiger partial charge on any atom is -0.508 e. The lowest BCUT2D eigenvalue weighted by Crippen LogP contribution is -2.38. The van der Waals surface area contributed by atoms with Gasteiger partial charge in [0.2, 0.25) is 0 Å². The van der Waals surface area contributed by atoms with E-state index in [-0.39, 0.29) is 11.3 Å². The molecule has 4 nitrogen and oxygen atoms in total. The van der Waals surface area contributed by atoms with Crippen molar-refractivity contribution in [3.63, 3.8) is 0 Å². The van der Waals surface area contributed by atoms with Gasteiger partial charge in [0, 0.05) is 12.0 Å². The van der Waals surface area contributed by atoms with Crippen LogP contribution in [0.5, 0.6) is 5.75 Å². The largest absolute Gasteiger partial charge is 0.508 e. The molecule has 0 bridgehead atoms. The van der Waals surface area contributed by atoms with Gasteiger partial charge in [-0.3, -0.25) is 4.79 Å². The molecule has 0 amide bonds. The Balaban J connectivity index is 3.03. The number of aromatic hydroxyl groups is 1. The average molecular weight is 227 g/mol. The van der Waals surface area contributed by atoms with E-state index < -0.39 is 23.7 Å². The molecule has 0 saturated carbocycles. The van der Waals surface area contributed by atoms with Crippen LogP contribution in [0.15, 0.2) is 18.2 Å². The van der Waals surface area contributed by atoms with Gasteiger partial charge in [0.05, 0.1) is 0 Å². The van der Waals surface area contributed by atoms with Crippen LogP contribution in [-0.2, 0) is 4.79 Å². The molecule has 0 aliphatic rings. The Bertz CT molecular complexity index is 395. The van der Waals surface area contributed by atoms with Crippen LogP contribution < -0.4 is 5.32 Å². The summed E-state index contributed by atoms with van der Waals surface area (Å²) >= 11 is 0. The molecule has 0 unspecified atom stereocenters. The number of phenols is 1. The third-order valence-corrected chi connectivity index (χ3v) is 2.55. The SMILES string of the molecule is CN[C@H](C(=O)O)[C@@H](C)c1ccc(O)cc1F. The zero-order chi connectivity index (χ0) is 12.3. The first-order valence-electron chi connectivity index (χ1n) is 4.86. The highest BCUT2D eigenvalue weighted by Gasteiger charge is 2.26. The van der Waals surface area contributed by atoms with E-state index in [0.29, 0.717) is 0 Å². The third-order valence-electron chi connectivity index (χ3n) is 2.55. The van der Waals surface area contributed by atoms with Crippen molar-refractivity contribution in [2.45, 2.75) is 18.9 Å². The normalized spacial score (nSPS) is 14.4. The van der Waals surface area contributed by atoms with Gasteiger partial charge in [-0.1, -0.05) is 13.0 Å². The van der Waals surface area contributed by atoms with Crippen molar-refractivity contribution in [3.8, 4) is 5.75 Å². The van der Waals surface area contributed by atoms with Gasteiger partial charge < -0.3 is 15.5 Å². The summed E-state index contributed by atoms with van der Waals surface area (Å²) in [6.45, 7) is 1.62. The molecule has 88 valence electrons. The van der Waals surface area contributed by atoms with E-state index in [4.69, 9.17) is 10.2 Å². The lowest BCUT2D eigenvalue weighted by atomic mass is 9.93. The molecule has 5 heteroatoms. The summed E-state index contributed by atoms with van der Waals surface area (Å²) in [4.78, 5) is 10.9. The number of carboxylic acids is 1. The molecule has 3 N–H and O–H groups in total. The highest BCUT2D eigenvalue weighted by Crippen LogP contribution is 2.25. The van der Waals surface area contributed by atoms with Crippen molar-refractivity contribution in [1.82, 2.24) is 5.32 Å². The fourth-order valence-corrected chi connectivity index (χ4v) is 1.65. The van der Waals surface area contributed by atoms with Gasteiger partial charge >= 0.3 is 5.97 Å². The van der Waals surface area contributed by atoms with Crippen LogP contribution >= 0.6 is 0 Å². The Labute approximate surface area is 92.7 Å². The van der Waals surface area contributed by atoms with E-state index in [9.17, 15) is 9.18 Å². The van der Waals surface area contributed by atoms with Gasteiger partial charge in [0.15, 0.2) is 0 Å². The molecule has 2 atom stereocenters. The topological polar surface area (TPSA) is 69.6 Å². The molecule has 16 heavy (non-hydrogen) atoms. The van der Waals surface area contributed by atoms with Gasteiger partial charge in [0.25, 0.3) is 0 Å². The minimum atomic E-state index is -1.04. The Kier molecular flexibility index (Phi) is 3.84. The molecule has 1 aromatic carbocycles. The third kappa shape index (κ3) is 2.49. The number of aliphatic carboxylic acids is 1. The van der Waals surface area contributed by atoms with E-state index in [2.05, 4.69) is 5.32 Å². The minimum absolute atomic E-state index is 0.176. The van der Waals surface area contributed by atoms with Crippen LogP contribution in [-0.4, -0.2) is 29.3 Å². The Morgan fingerprint density at radius 1 is 1.50 bits per heavy atom. The molecule has 0 spiro atoms. The lowest BCUT2D eigenvalue weighted by Gasteiger charge is -2.20. The molecule has 0 fully saturated rings. The molecular weight excluding hydrogens is 213 g/mol. The van der Waals surface area contributed by atoms with E-state index in [0.717, 1.165) is 6.07 Å². The molecule has 0 heterocycles. The lowest BCUT2D eigenvalue weighted by molar-refractivity contribution is -0.139. The second-order valence-electron chi connectivity index (χ2n) is 3.60. The predicted octanol–water partition coefficient (Wildman–Crippen LogP) is 1.31. The summed E-state index contributed by atoms with van der Waals surface area (Å²) in [6, 6.07) is 2.84. The van der Waals surface area contributed by atoms with Crippen molar-refractivity contribution in [2.75, 3.05) is 7.05 Å². The Morgan fingerprint density at radius 3 is 2.56 bits per heavy atom. The van der Waals surface area contributed by atoms with E-state index in [1.165, 1.54) is 19.2 Å². The fourth-order valence-electron chi connectivity index (χ4n) is 1.65. The van der Waals surface area contributed by atoms with E-state index in [1.54, 1.807) is 6.92 Å². The van der Waals surface area contributed by atoms with Crippen LogP contribution in [0.1, 0.15) is 18.4 Å². The average Bonchev–Trinajstić information content (AvgIpc) is 2.17. The van der Waals surface area contributed by atoms with Gasteiger partial charge in [-0.05, 0) is 18.7 Å². The second kappa shape index (κ2) is 4.94. The van der Waals surface area contributed by atoms with Crippen LogP contribution in [0, 0.1) is 5.82 Å². The summed E-state index contributed by atoms with van der Waals surface area (Å²) in [7, 11) is 1.51. The van der Waals surface area contributed by atoms with Crippen LogP contribution in [0.2, 0.25) is 0 Å². The maximum absolute atomic E-state index is 13.5. The zero-order valence-corrected chi connectivity index (χ0v) is 9.07. The summed E-state index contributed by atoms with van der Waals surface area (Å²) in [6.07, 6.45) is 0. The number of benzene rings is 1. The molecule has 0 radical (unpaired) electrons. The number of carbonyl (C=O) groups is 1. The van der Waals surface area contributed by atoms with Crippen molar-refractivity contribution in [2.24, 2.45) is 0 Å². The summed E-state index contributed by atoms with van der Waals surface area (Å²) in [5.41, 5.74) is 0.263. The number of hydrogen-bond acceptors (Lipinski definition) is 3. The number of carboxylic acid groups (broad SMARTS) is 1. The summed E-state index contributed by atoms with van der Waals surface area (Å²) in [5.74, 6) is -2.34. The first-order chi connectivity index (χ1) is 7.47. The van der Waals surface area contributed by atoms with Gasteiger partial charge in [-0.25, -0.2) is 4.39 Å². The van der Waals surface area contributed by atoms with Crippen LogP contribution in [0.3, 0.4) is 0 Å². The van der Waals surface area contributed by atoms with Crippen molar-refractivity contribution in [1.29, 1.82) is 0 Å². The number of likely N-dealkylation sites (N-methyl/N-ethyl adjacent to an activating group) is 1. The molecule has 1 rings (SSSR count). The number of nitrogens with one attached hydrogen (secondary N) is 1.